The molecule has 5 nitrogen and oxygen atoms in total. The average molecular weight is 451 g/mol. The van der Waals surface area contributed by atoms with Crippen LogP contribution in [-0.2, 0) is 4.74 Å². The highest BCUT2D eigenvalue weighted by atomic mass is 127. The standard InChI is InChI=1S/C16H23ClN4O.HI/c17-14-4-1-3-13(11-14)15(21-7-9-22-10-8-21)12-20-16-18-5-2-6-19-16;/h1,3-4,11,15H,2,5-10,12H2,(H2,18,19,20);1H. The van der Waals surface area contributed by atoms with Crippen LogP contribution in [0.3, 0.4) is 0 Å². The minimum Gasteiger partial charge on any atom is -0.379 e. The van der Waals surface area contributed by atoms with E-state index in [0.717, 1.165) is 63.3 Å². The molecule has 3 rings (SSSR count). The van der Waals surface area contributed by atoms with Crippen LogP contribution in [0.25, 0.3) is 0 Å². The van der Waals surface area contributed by atoms with Crippen molar-refractivity contribution in [1.29, 1.82) is 0 Å². The zero-order chi connectivity index (χ0) is 15.2. The number of rotatable bonds is 4. The van der Waals surface area contributed by atoms with Gasteiger partial charge >= 0.3 is 0 Å². The van der Waals surface area contributed by atoms with Crippen LogP contribution in [0.2, 0.25) is 5.02 Å². The second-order valence-corrected chi connectivity index (χ2v) is 6.05. The predicted octanol–water partition coefficient (Wildman–Crippen LogP) is 2.27. The van der Waals surface area contributed by atoms with E-state index < -0.39 is 0 Å². The molecule has 0 aliphatic carbocycles. The fourth-order valence-electron chi connectivity index (χ4n) is 2.91. The van der Waals surface area contributed by atoms with Crippen LogP contribution in [0.1, 0.15) is 18.0 Å². The van der Waals surface area contributed by atoms with Crippen molar-refractivity contribution in [3.63, 3.8) is 0 Å². The quantitative estimate of drug-likeness (QED) is 0.691. The normalized spacial score (nSPS) is 20.0. The summed E-state index contributed by atoms with van der Waals surface area (Å²) in [5.74, 6) is 0.909. The molecule has 2 aliphatic heterocycles. The molecule has 1 saturated heterocycles. The van der Waals surface area contributed by atoms with Gasteiger partial charge in [0.25, 0.3) is 0 Å². The third-order valence-corrected chi connectivity index (χ3v) is 4.32. The minimum atomic E-state index is 0. The molecule has 0 saturated carbocycles. The summed E-state index contributed by atoms with van der Waals surface area (Å²) in [6.07, 6.45) is 1.10. The van der Waals surface area contributed by atoms with Gasteiger partial charge in [-0.05, 0) is 24.1 Å². The number of benzene rings is 1. The predicted molar refractivity (Wildman–Crippen MR) is 105 cm³/mol. The van der Waals surface area contributed by atoms with Crippen molar-refractivity contribution in [1.82, 2.24) is 15.5 Å². The second kappa shape index (κ2) is 9.66. The van der Waals surface area contributed by atoms with E-state index in [2.05, 4.69) is 32.7 Å². The van der Waals surface area contributed by atoms with E-state index in [0.29, 0.717) is 0 Å². The molecule has 23 heavy (non-hydrogen) atoms. The van der Waals surface area contributed by atoms with Crippen LogP contribution >= 0.6 is 35.6 Å². The summed E-state index contributed by atoms with van der Waals surface area (Å²) < 4.78 is 5.48. The third kappa shape index (κ3) is 5.48. The Morgan fingerprint density at radius 2 is 2.17 bits per heavy atom. The van der Waals surface area contributed by atoms with E-state index in [1.54, 1.807) is 0 Å². The van der Waals surface area contributed by atoms with Gasteiger partial charge in [-0.15, -0.1) is 24.0 Å². The monoisotopic (exact) mass is 450 g/mol. The number of nitrogens with one attached hydrogen (secondary N) is 2. The van der Waals surface area contributed by atoms with Gasteiger partial charge in [-0.1, -0.05) is 23.7 Å². The molecular weight excluding hydrogens is 427 g/mol. The molecule has 1 unspecified atom stereocenters. The lowest BCUT2D eigenvalue weighted by Gasteiger charge is -2.35. The maximum atomic E-state index is 6.18. The van der Waals surface area contributed by atoms with E-state index in [-0.39, 0.29) is 30.0 Å². The lowest BCUT2D eigenvalue weighted by atomic mass is 10.0. The molecule has 2 heterocycles. The Labute approximate surface area is 159 Å². The van der Waals surface area contributed by atoms with Crippen LogP contribution in [0, 0.1) is 0 Å². The molecule has 1 aromatic rings. The highest BCUT2D eigenvalue weighted by Gasteiger charge is 2.23. The summed E-state index contributed by atoms with van der Waals surface area (Å²) in [5.41, 5.74) is 1.23. The van der Waals surface area contributed by atoms with Gasteiger partial charge in [0.2, 0.25) is 0 Å². The second-order valence-electron chi connectivity index (χ2n) is 5.61. The first-order valence-electron chi connectivity index (χ1n) is 7.92. The van der Waals surface area contributed by atoms with Gasteiger partial charge in [0.1, 0.15) is 0 Å². The molecule has 2 N–H and O–H groups in total. The van der Waals surface area contributed by atoms with Crippen molar-refractivity contribution in [2.45, 2.75) is 12.5 Å². The zero-order valence-electron chi connectivity index (χ0n) is 13.1. The summed E-state index contributed by atoms with van der Waals surface area (Å²) in [5, 5.41) is 7.54. The van der Waals surface area contributed by atoms with Crippen molar-refractivity contribution in [3.05, 3.63) is 34.9 Å². The smallest absolute Gasteiger partial charge is 0.191 e. The number of ether oxygens (including phenoxy) is 1. The SMILES string of the molecule is Clc1cccc(C(CNC2=NCCCN2)N2CCOCC2)c1.I. The van der Waals surface area contributed by atoms with Gasteiger partial charge in [-0.2, -0.15) is 0 Å². The zero-order valence-corrected chi connectivity index (χ0v) is 16.2. The fraction of sp³-hybridized carbons (Fsp3) is 0.562. The Morgan fingerprint density at radius 3 is 2.87 bits per heavy atom. The van der Waals surface area contributed by atoms with Crippen LogP contribution < -0.4 is 10.6 Å². The van der Waals surface area contributed by atoms with Crippen molar-refractivity contribution >= 4 is 41.5 Å². The molecule has 1 fully saturated rings. The number of hydrogen-bond acceptors (Lipinski definition) is 5. The maximum absolute atomic E-state index is 6.18. The molecule has 0 amide bonds. The maximum Gasteiger partial charge on any atom is 0.191 e. The average Bonchev–Trinajstić information content (AvgIpc) is 2.57. The van der Waals surface area contributed by atoms with Crippen molar-refractivity contribution in [2.75, 3.05) is 45.9 Å². The van der Waals surface area contributed by atoms with Crippen LogP contribution in [-0.4, -0.2) is 56.8 Å². The van der Waals surface area contributed by atoms with Gasteiger partial charge in [-0.3, -0.25) is 9.89 Å². The van der Waals surface area contributed by atoms with E-state index in [4.69, 9.17) is 16.3 Å². The molecule has 0 aromatic heterocycles. The summed E-state index contributed by atoms with van der Waals surface area (Å²) in [6.45, 7) is 6.16. The molecular formula is C16H24ClIN4O. The summed E-state index contributed by atoms with van der Waals surface area (Å²) in [7, 11) is 0. The van der Waals surface area contributed by atoms with Crippen molar-refractivity contribution in [3.8, 4) is 0 Å². The fourth-order valence-corrected chi connectivity index (χ4v) is 3.10. The summed E-state index contributed by atoms with van der Waals surface area (Å²) in [4.78, 5) is 6.93. The Bertz CT molecular complexity index is 523. The van der Waals surface area contributed by atoms with Crippen LogP contribution in [0.4, 0.5) is 0 Å². The third-order valence-electron chi connectivity index (χ3n) is 4.08. The summed E-state index contributed by atoms with van der Waals surface area (Å²) >= 11 is 6.18. The number of morpholine rings is 1. The lowest BCUT2D eigenvalue weighted by molar-refractivity contribution is 0.0170. The molecule has 128 valence electrons. The molecule has 0 radical (unpaired) electrons. The summed E-state index contributed by atoms with van der Waals surface area (Å²) in [6, 6.07) is 8.40. The Hall–Kier alpha value is -0.570. The number of hydrogen-bond donors (Lipinski definition) is 2. The van der Waals surface area contributed by atoms with Gasteiger partial charge in [0.05, 0.1) is 19.3 Å². The first-order valence-corrected chi connectivity index (χ1v) is 8.30. The van der Waals surface area contributed by atoms with Crippen molar-refractivity contribution in [2.24, 2.45) is 4.99 Å². The number of halogens is 2. The molecule has 1 atom stereocenters. The Morgan fingerprint density at radius 1 is 1.35 bits per heavy atom. The molecule has 0 bridgehead atoms. The van der Waals surface area contributed by atoms with E-state index >= 15 is 0 Å². The minimum absolute atomic E-state index is 0. The van der Waals surface area contributed by atoms with Gasteiger partial charge < -0.3 is 15.4 Å². The highest BCUT2D eigenvalue weighted by molar-refractivity contribution is 14.0. The first kappa shape index (κ1) is 18.8. The Balaban J connectivity index is 0.00000192. The molecule has 0 spiro atoms. The van der Waals surface area contributed by atoms with Crippen LogP contribution in [0.5, 0.6) is 0 Å². The lowest BCUT2D eigenvalue weighted by Crippen LogP contribution is -2.47. The van der Waals surface area contributed by atoms with Gasteiger partial charge in [-0.25, -0.2) is 0 Å². The highest BCUT2D eigenvalue weighted by Crippen LogP contribution is 2.23. The van der Waals surface area contributed by atoms with Crippen molar-refractivity contribution < 1.29 is 4.74 Å². The number of aliphatic imine (C=N–C) groups is 1. The van der Waals surface area contributed by atoms with Crippen LogP contribution in [0.15, 0.2) is 29.3 Å². The van der Waals surface area contributed by atoms with E-state index in [1.807, 2.05) is 12.1 Å². The number of nitrogens with zero attached hydrogens (tertiary/aromatic N) is 2. The van der Waals surface area contributed by atoms with E-state index in [1.165, 1.54) is 5.56 Å². The Kier molecular flexibility index (Phi) is 7.88. The first-order chi connectivity index (χ1) is 10.8. The topological polar surface area (TPSA) is 48.9 Å². The largest absolute Gasteiger partial charge is 0.379 e. The number of guanidine groups is 1. The van der Waals surface area contributed by atoms with E-state index in [9.17, 15) is 0 Å². The molecule has 1 aromatic carbocycles. The molecule has 7 heteroatoms. The molecule has 2 aliphatic rings. The van der Waals surface area contributed by atoms with Gasteiger partial charge in [0.15, 0.2) is 5.96 Å². The van der Waals surface area contributed by atoms with Gasteiger partial charge in [0, 0.05) is 37.7 Å².